The third-order valence-electron chi connectivity index (χ3n) is 2.32. The highest BCUT2D eigenvalue weighted by Gasteiger charge is 2.00. The fourth-order valence-electron chi connectivity index (χ4n) is 1.62. The first-order chi connectivity index (χ1) is 6.77. The molecule has 2 aromatic rings. The third kappa shape index (κ3) is 1.67. The second-order valence-corrected chi connectivity index (χ2v) is 3.49. The Kier molecular flexibility index (Phi) is 2.32. The minimum Gasteiger partial charge on any atom is -0.255 e. The molecule has 2 rings (SSSR count). The first-order valence-electron chi connectivity index (χ1n) is 4.67. The summed E-state index contributed by atoms with van der Waals surface area (Å²) >= 11 is 0. The largest absolute Gasteiger partial charge is 0.255 e. The molecule has 1 heteroatoms. The van der Waals surface area contributed by atoms with Crippen LogP contribution in [0.3, 0.4) is 0 Å². The zero-order valence-corrected chi connectivity index (χ0v) is 8.41. The van der Waals surface area contributed by atoms with Gasteiger partial charge in [-0.15, -0.1) is 0 Å². The summed E-state index contributed by atoms with van der Waals surface area (Å²) < 4.78 is 0. The van der Waals surface area contributed by atoms with E-state index in [2.05, 4.69) is 43.2 Å². The number of rotatable bonds is 1. The topological polar surface area (TPSA) is 12.9 Å². The van der Waals surface area contributed by atoms with Gasteiger partial charge in [-0.2, -0.15) is 0 Å². The molecule has 0 N–H and O–H groups in total. The molecular formula is C13H12N. The molecule has 0 saturated carbocycles. The minimum absolute atomic E-state index is 1.18. The second-order valence-electron chi connectivity index (χ2n) is 3.49. The lowest BCUT2D eigenvalue weighted by Crippen LogP contribution is -1.84. The SMILES string of the molecule is Cc1ccc(-c2c[c]ncc2)c(C)c1. The van der Waals surface area contributed by atoms with Crippen molar-refractivity contribution >= 4 is 0 Å². The summed E-state index contributed by atoms with van der Waals surface area (Å²) in [5.41, 5.74) is 5.03. The molecule has 1 aromatic heterocycles. The first-order valence-corrected chi connectivity index (χ1v) is 4.67. The number of aromatic nitrogens is 1. The summed E-state index contributed by atoms with van der Waals surface area (Å²) in [5.74, 6) is 0. The van der Waals surface area contributed by atoms with Crippen LogP contribution in [-0.4, -0.2) is 4.98 Å². The predicted molar refractivity (Wildman–Crippen MR) is 58.0 cm³/mol. The van der Waals surface area contributed by atoms with Crippen molar-refractivity contribution in [3.8, 4) is 11.1 Å². The molecule has 0 bridgehead atoms. The summed E-state index contributed by atoms with van der Waals surface area (Å²) in [7, 11) is 0. The van der Waals surface area contributed by atoms with Gasteiger partial charge in [0.05, 0.1) is 6.20 Å². The zero-order valence-electron chi connectivity index (χ0n) is 8.41. The highest BCUT2D eigenvalue weighted by atomic mass is 14.6. The zero-order chi connectivity index (χ0) is 9.97. The molecule has 0 atom stereocenters. The molecular weight excluding hydrogens is 170 g/mol. The van der Waals surface area contributed by atoms with E-state index in [-0.39, 0.29) is 0 Å². The van der Waals surface area contributed by atoms with Gasteiger partial charge in [0.2, 0.25) is 0 Å². The lowest BCUT2D eigenvalue weighted by Gasteiger charge is -2.05. The average Bonchev–Trinajstić information content (AvgIpc) is 2.19. The number of hydrogen-bond acceptors (Lipinski definition) is 1. The van der Waals surface area contributed by atoms with E-state index in [1.807, 2.05) is 12.1 Å². The second kappa shape index (κ2) is 3.62. The first kappa shape index (κ1) is 8.95. The molecule has 0 unspecified atom stereocenters. The maximum atomic E-state index is 3.89. The smallest absolute Gasteiger partial charge is 0.0892 e. The third-order valence-corrected chi connectivity index (χ3v) is 2.32. The summed E-state index contributed by atoms with van der Waals surface area (Å²) in [5, 5.41) is 0. The Morgan fingerprint density at radius 1 is 1.14 bits per heavy atom. The Morgan fingerprint density at radius 2 is 2.00 bits per heavy atom. The van der Waals surface area contributed by atoms with Gasteiger partial charge in [0, 0.05) is 6.20 Å². The lowest BCUT2D eigenvalue weighted by atomic mass is 10.00. The minimum atomic E-state index is 1.18. The average molecular weight is 182 g/mol. The summed E-state index contributed by atoms with van der Waals surface area (Å²) in [6.45, 7) is 4.23. The van der Waals surface area contributed by atoms with Gasteiger partial charge in [-0.25, -0.2) is 0 Å². The summed E-state index contributed by atoms with van der Waals surface area (Å²) in [6, 6.07) is 10.4. The molecule has 1 heterocycles. The van der Waals surface area contributed by atoms with Gasteiger partial charge in [-0.1, -0.05) is 23.8 Å². The van der Waals surface area contributed by atoms with Crippen LogP contribution in [0.5, 0.6) is 0 Å². The van der Waals surface area contributed by atoms with Crippen molar-refractivity contribution < 1.29 is 0 Å². The Morgan fingerprint density at radius 3 is 2.64 bits per heavy atom. The Balaban J connectivity index is 2.53. The molecule has 0 aliphatic heterocycles. The van der Waals surface area contributed by atoms with E-state index < -0.39 is 0 Å². The van der Waals surface area contributed by atoms with Gasteiger partial charge < -0.3 is 0 Å². The fourth-order valence-corrected chi connectivity index (χ4v) is 1.62. The number of nitrogens with zero attached hydrogens (tertiary/aromatic N) is 1. The summed E-state index contributed by atoms with van der Waals surface area (Å²) in [4.78, 5) is 3.89. The van der Waals surface area contributed by atoms with Gasteiger partial charge in [-0.3, -0.25) is 4.98 Å². The van der Waals surface area contributed by atoms with Crippen LogP contribution in [0.1, 0.15) is 11.1 Å². The lowest BCUT2D eigenvalue weighted by molar-refractivity contribution is 1.30. The molecule has 0 saturated heterocycles. The Labute approximate surface area is 84.4 Å². The van der Waals surface area contributed by atoms with Gasteiger partial charge >= 0.3 is 0 Å². The van der Waals surface area contributed by atoms with Gasteiger partial charge in [0.15, 0.2) is 0 Å². The fraction of sp³-hybridized carbons (Fsp3) is 0.154. The molecule has 0 spiro atoms. The van der Waals surface area contributed by atoms with E-state index >= 15 is 0 Å². The van der Waals surface area contributed by atoms with Crippen LogP contribution in [0.15, 0.2) is 36.5 Å². The van der Waals surface area contributed by atoms with Crippen LogP contribution in [0.25, 0.3) is 11.1 Å². The molecule has 14 heavy (non-hydrogen) atoms. The highest BCUT2D eigenvalue weighted by Crippen LogP contribution is 2.22. The molecule has 1 aromatic carbocycles. The van der Waals surface area contributed by atoms with Gasteiger partial charge in [-0.05, 0) is 42.7 Å². The normalized spacial score (nSPS) is 10.1. The van der Waals surface area contributed by atoms with Crippen molar-refractivity contribution in [2.75, 3.05) is 0 Å². The number of aryl methyl sites for hydroxylation is 2. The van der Waals surface area contributed by atoms with E-state index in [4.69, 9.17) is 0 Å². The monoisotopic (exact) mass is 182 g/mol. The molecule has 69 valence electrons. The molecule has 0 amide bonds. The molecule has 1 radical (unpaired) electrons. The van der Waals surface area contributed by atoms with E-state index in [0.717, 1.165) is 0 Å². The van der Waals surface area contributed by atoms with E-state index in [9.17, 15) is 0 Å². The van der Waals surface area contributed by atoms with E-state index in [0.29, 0.717) is 0 Å². The van der Waals surface area contributed by atoms with Crippen molar-refractivity contribution in [3.63, 3.8) is 0 Å². The van der Waals surface area contributed by atoms with Crippen molar-refractivity contribution in [2.45, 2.75) is 13.8 Å². The van der Waals surface area contributed by atoms with Crippen molar-refractivity contribution in [3.05, 3.63) is 53.9 Å². The Bertz CT molecular complexity index is 432. The van der Waals surface area contributed by atoms with Crippen LogP contribution >= 0.6 is 0 Å². The van der Waals surface area contributed by atoms with Crippen LogP contribution < -0.4 is 0 Å². The molecule has 1 nitrogen and oxygen atoms in total. The van der Waals surface area contributed by atoms with E-state index in [1.54, 1.807) is 6.20 Å². The maximum absolute atomic E-state index is 3.89. The number of hydrogen-bond donors (Lipinski definition) is 0. The van der Waals surface area contributed by atoms with Gasteiger partial charge in [0.25, 0.3) is 0 Å². The van der Waals surface area contributed by atoms with Crippen molar-refractivity contribution in [1.82, 2.24) is 4.98 Å². The summed E-state index contributed by atoms with van der Waals surface area (Å²) in [6.07, 6.45) is 4.62. The van der Waals surface area contributed by atoms with Crippen LogP contribution in [0.4, 0.5) is 0 Å². The standard InChI is InChI=1S/C13H12N/c1-10-3-4-13(11(2)9-10)12-5-7-14-8-6-12/h3-7,9H,1-2H3. The molecule has 0 aliphatic rings. The van der Waals surface area contributed by atoms with Crippen molar-refractivity contribution in [2.24, 2.45) is 0 Å². The quantitative estimate of drug-likeness (QED) is 0.660. The Hall–Kier alpha value is -1.63. The highest BCUT2D eigenvalue weighted by molar-refractivity contribution is 5.66. The van der Waals surface area contributed by atoms with Crippen LogP contribution in [-0.2, 0) is 0 Å². The van der Waals surface area contributed by atoms with Crippen LogP contribution in [0, 0.1) is 20.0 Å². The van der Waals surface area contributed by atoms with Gasteiger partial charge in [0.1, 0.15) is 0 Å². The molecule has 0 aliphatic carbocycles. The maximum Gasteiger partial charge on any atom is 0.0892 e. The van der Waals surface area contributed by atoms with E-state index in [1.165, 1.54) is 22.3 Å². The predicted octanol–water partition coefficient (Wildman–Crippen LogP) is 3.17. The van der Waals surface area contributed by atoms with Crippen LogP contribution in [0.2, 0.25) is 0 Å². The van der Waals surface area contributed by atoms with Crippen molar-refractivity contribution in [1.29, 1.82) is 0 Å². The number of benzene rings is 1. The molecule has 0 fully saturated rings. The number of pyridine rings is 1.